The first kappa shape index (κ1) is 22.6. The molecule has 29 heavy (non-hydrogen) atoms. The fourth-order valence-corrected chi connectivity index (χ4v) is 2.61. The average molecular weight is 398 g/mol. The van der Waals surface area contributed by atoms with Crippen molar-refractivity contribution in [2.24, 2.45) is 0 Å². The predicted octanol–water partition coefficient (Wildman–Crippen LogP) is 4.89. The van der Waals surface area contributed by atoms with Crippen molar-refractivity contribution in [2.45, 2.75) is 52.7 Å². The van der Waals surface area contributed by atoms with E-state index in [0.29, 0.717) is 24.0 Å². The SMILES string of the molecule is CCC(COC(=O)c1ccc(C)cc1)OCC(CC)OC(=O)c1ccc(C)cc1. The van der Waals surface area contributed by atoms with Crippen LogP contribution in [0, 0.1) is 13.8 Å². The van der Waals surface area contributed by atoms with E-state index in [-0.39, 0.29) is 37.4 Å². The van der Waals surface area contributed by atoms with Crippen LogP contribution in [0.25, 0.3) is 0 Å². The fourth-order valence-electron chi connectivity index (χ4n) is 2.61. The molecule has 2 aromatic carbocycles. The first-order chi connectivity index (χ1) is 13.9. The molecule has 2 rings (SSSR count). The van der Waals surface area contributed by atoms with E-state index in [1.165, 1.54) is 0 Å². The first-order valence-electron chi connectivity index (χ1n) is 10.1. The summed E-state index contributed by atoms with van der Waals surface area (Å²) in [7, 11) is 0. The highest BCUT2D eigenvalue weighted by molar-refractivity contribution is 5.89. The number of aryl methyl sites for hydroxylation is 2. The first-order valence-corrected chi connectivity index (χ1v) is 10.1. The second-order valence-electron chi connectivity index (χ2n) is 7.13. The van der Waals surface area contributed by atoms with Crippen molar-refractivity contribution in [1.29, 1.82) is 0 Å². The van der Waals surface area contributed by atoms with Crippen molar-refractivity contribution in [1.82, 2.24) is 0 Å². The number of carbonyl (C=O) groups excluding carboxylic acids is 2. The van der Waals surface area contributed by atoms with Gasteiger partial charge in [0, 0.05) is 0 Å². The molecule has 0 saturated carbocycles. The third kappa shape index (κ3) is 7.35. The highest BCUT2D eigenvalue weighted by atomic mass is 16.6. The van der Waals surface area contributed by atoms with Gasteiger partial charge in [-0.1, -0.05) is 49.2 Å². The van der Waals surface area contributed by atoms with Gasteiger partial charge < -0.3 is 14.2 Å². The van der Waals surface area contributed by atoms with Gasteiger partial charge in [-0.2, -0.15) is 0 Å². The largest absolute Gasteiger partial charge is 0.459 e. The van der Waals surface area contributed by atoms with Crippen molar-refractivity contribution in [3.05, 3.63) is 70.8 Å². The highest BCUT2D eigenvalue weighted by Gasteiger charge is 2.18. The van der Waals surface area contributed by atoms with Gasteiger partial charge in [-0.25, -0.2) is 9.59 Å². The molecule has 2 unspecified atom stereocenters. The summed E-state index contributed by atoms with van der Waals surface area (Å²) in [4.78, 5) is 24.4. The molecule has 0 heterocycles. The maximum atomic E-state index is 12.3. The third-order valence-electron chi connectivity index (χ3n) is 4.68. The van der Waals surface area contributed by atoms with Crippen LogP contribution >= 0.6 is 0 Å². The van der Waals surface area contributed by atoms with E-state index in [1.54, 1.807) is 24.3 Å². The molecule has 0 aromatic heterocycles. The Bertz CT molecular complexity index is 780. The second-order valence-corrected chi connectivity index (χ2v) is 7.13. The summed E-state index contributed by atoms with van der Waals surface area (Å²) in [6.45, 7) is 8.25. The third-order valence-corrected chi connectivity index (χ3v) is 4.68. The fraction of sp³-hybridized carbons (Fsp3) is 0.417. The Morgan fingerprint density at radius 3 is 1.69 bits per heavy atom. The van der Waals surface area contributed by atoms with Crippen LogP contribution in [0.2, 0.25) is 0 Å². The lowest BCUT2D eigenvalue weighted by molar-refractivity contribution is -0.0503. The summed E-state index contributed by atoms with van der Waals surface area (Å²) < 4.78 is 16.8. The van der Waals surface area contributed by atoms with Gasteiger partial charge in [0.1, 0.15) is 12.7 Å². The van der Waals surface area contributed by atoms with Gasteiger partial charge in [0.2, 0.25) is 0 Å². The molecule has 2 aromatic rings. The zero-order chi connectivity index (χ0) is 21.2. The van der Waals surface area contributed by atoms with Crippen LogP contribution in [0.3, 0.4) is 0 Å². The molecule has 5 heteroatoms. The maximum Gasteiger partial charge on any atom is 0.338 e. The Hall–Kier alpha value is -2.66. The number of hydrogen-bond acceptors (Lipinski definition) is 5. The monoisotopic (exact) mass is 398 g/mol. The van der Waals surface area contributed by atoms with Gasteiger partial charge in [-0.3, -0.25) is 0 Å². The molecular formula is C24H30O5. The van der Waals surface area contributed by atoms with Gasteiger partial charge in [0.05, 0.1) is 23.8 Å². The molecule has 0 N–H and O–H groups in total. The summed E-state index contributed by atoms with van der Waals surface area (Å²) in [6.07, 6.45) is 0.711. The number of benzene rings is 2. The number of rotatable bonds is 10. The standard InChI is InChI=1S/C24H30O5/c1-5-21(15-28-23(25)19-11-7-17(3)8-12-19)27-16-22(6-2)29-24(26)20-13-9-18(4)10-14-20/h7-14,21-22H,5-6,15-16H2,1-4H3. The molecule has 156 valence electrons. The van der Waals surface area contributed by atoms with Gasteiger partial charge in [0.25, 0.3) is 0 Å². The molecule has 0 radical (unpaired) electrons. The summed E-state index contributed by atoms with van der Waals surface area (Å²) in [6, 6.07) is 14.5. The summed E-state index contributed by atoms with van der Waals surface area (Å²) in [5, 5.41) is 0. The Morgan fingerprint density at radius 1 is 0.724 bits per heavy atom. The number of esters is 2. The van der Waals surface area contributed by atoms with Gasteiger partial charge >= 0.3 is 11.9 Å². The second kappa shape index (κ2) is 11.4. The van der Waals surface area contributed by atoms with Crippen molar-refractivity contribution in [3.8, 4) is 0 Å². The lowest BCUT2D eigenvalue weighted by atomic mass is 10.1. The molecule has 0 saturated heterocycles. The van der Waals surface area contributed by atoms with E-state index >= 15 is 0 Å². The van der Waals surface area contributed by atoms with E-state index in [2.05, 4.69) is 0 Å². The van der Waals surface area contributed by atoms with E-state index < -0.39 is 0 Å². The van der Waals surface area contributed by atoms with E-state index in [9.17, 15) is 9.59 Å². The Kier molecular flexibility index (Phi) is 8.87. The molecular weight excluding hydrogens is 368 g/mol. The maximum absolute atomic E-state index is 12.3. The lowest BCUT2D eigenvalue weighted by Gasteiger charge is -2.21. The van der Waals surface area contributed by atoms with E-state index in [1.807, 2.05) is 52.0 Å². The van der Waals surface area contributed by atoms with Crippen LogP contribution in [-0.4, -0.2) is 37.4 Å². The van der Waals surface area contributed by atoms with Gasteiger partial charge in [0.15, 0.2) is 0 Å². The van der Waals surface area contributed by atoms with Crippen LogP contribution in [0.5, 0.6) is 0 Å². The molecule has 0 aliphatic rings. The van der Waals surface area contributed by atoms with Crippen molar-refractivity contribution in [2.75, 3.05) is 13.2 Å². The number of ether oxygens (including phenoxy) is 3. The molecule has 5 nitrogen and oxygen atoms in total. The van der Waals surface area contributed by atoms with Crippen molar-refractivity contribution < 1.29 is 23.8 Å². The predicted molar refractivity (Wildman–Crippen MR) is 112 cm³/mol. The van der Waals surface area contributed by atoms with E-state index in [0.717, 1.165) is 11.1 Å². The zero-order valence-corrected chi connectivity index (χ0v) is 17.6. The zero-order valence-electron chi connectivity index (χ0n) is 17.6. The van der Waals surface area contributed by atoms with Crippen LogP contribution in [0.1, 0.15) is 58.5 Å². The smallest absolute Gasteiger partial charge is 0.338 e. The quantitative estimate of drug-likeness (QED) is 0.533. The van der Waals surface area contributed by atoms with E-state index in [4.69, 9.17) is 14.2 Å². The molecule has 0 aliphatic heterocycles. The molecule has 0 fully saturated rings. The van der Waals surface area contributed by atoms with Crippen LogP contribution in [0.4, 0.5) is 0 Å². The van der Waals surface area contributed by atoms with Crippen LogP contribution in [-0.2, 0) is 14.2 Å². The summed E-state index contributed by atoms with van der Waals surface area (Å²) in [5.41, 5.74) is 3.21. The number of carbonyl (C=O) groups is 2. The minimum Gasteiger partial charge on any atom is -0.459 e. The molecule has 2 atom stereocenters. The molecule has 0 spiro atoms. The molecule has 0 bridgehead atoms. The minimum absolute atomic E-state index is 0.158. The number of hydrogen-bond donors (Lipinski definition) is 0. The summed E-state index contributed by atoms with van der Waals surface area (Å²) >= 11 is 0. The highest BCUT2D eigenvalue weighted by Crippen LogP contribution is 2.11. The summed E-state index contributed by atoms with van der Waals surface area (Å²) in [5.74, 6) is -0.732. The molecule has 0 aliphatic carbocycles. The topological polar surface area (TPSA) is 61.8 Å². The Morgan fingerprint density at radius 2 is 1.21 bits per heavy atom. The van der Waals surface area contributed by atoms with Crippen LogP contribution in [0.15, 0.2) is 48.5 Å². The Labute approximate surface area is 173 Å². The van der Waals surface area contributed by atoms with Gasteiger partial charge in [-0.15, -0.1) is 0 Å². The Balaban J connectivity index is 1.81. The normalized spacial score (nSPS) is 12.8. The average Bonchev–Trinajstić information content (AvgIpc) is 2.73. The van der Waals surface area contributed by atoms with Crippen molar-refractivity contribution in [3.63, 3.8) is 0 Å². The van der Waals surface area contributed by atoms with Gasteiger partial charge in [-0.05, 0) is 51.0 Å². The van der Waals surface area contributed by atoms with Crippen molar-refractivity contribution >= 4 is 11.9 Å². The molecule has 0 amide bonds. The minimum atomic E-state index is -0.370. The van der Waals surface area contributed by atoms with Crippen LogP contribution < -0.4 is 0 Å². The lowest BCUT2D eigenvalue weighted by Crippen LogP contribution is -2.29.